The Morgan fingerprint density at radius 2 is 2.10 bits per heavy atom. The van der Waals surface area contributed by atoms with Gasteiger partial charge in [0.05, 0.1) is 16.8 Å². The number of hydrazine groups is 1. The van der Waals surface area contributed by atoms with Gasteiger partial charge >= 0.3 is 0 Å². The Balaban J connectivity index is 2.48. The van der Waals surface area contributed by atoms with Gasteiger partial charge in [0, 0.05) is 6.07 Å². The van der Waals surface area contributed by atoms with Crippen LogP contribution in [0.4, 0.5) is 17.1 Å². The first-order valence-electron chi connectivity index (χ1n) is 5.11. The second kappa shape index (κ2) is 5.14. The van der Waals surface area contributed by atoms with E-state index in [1.807, 2.05) is 0 Å². The third-order valence-corrected chi connectivity index (χ3v) is 3.73. The van der Waals surface area contributed by atoms with Crippen molar-refractivity contribution in [1.82, 2.24) is 5.16 Å². The number of nitrogen functional groups attached to an aromatic ring is 1. The van der Waals surface area contributed by atoms with E-state index in [-0.39, 0.29) is 11.4 Å². The van der Waals surface area contributed by atoms with Gasteiger partial charge in [-0.1, -0.05) is 5.16 Å². The smallest absolute Gasteiger partial charge is 0.291 e. The highest BCUT2D eigenvalue weighted by atomic mass is 32.2. The normalized spacial score (nSPS) is 11.1. The van der Waals surface area contributed by atoms with Gasteiger partial charge in [0.15, 0.2) is 4.90 Å². The summed E-state index contributed by atoms with van der Waals surface area (Å²) in [5.41, 5.74) is 1.86. The van der Waals surface area contributed by atoms with Gasteiger partial charge in [-0.15, -0.1) is 0 Å². The molecule has 0 atom stereocenters. The molecule has 0 aliphatic carbocycles. The minimum absolute atomic E-state index is 0.0559. The van der Waals surface area contributed by atoms with Crippen LogP contribution in [0, 0.1) is 10.1 Å². The van der Waals surface area contributed by atoms with Crippen molar-refractivity contribution < 1.29 is 17.9 Å². The molecule has 0 saturated heterocycles. The zero-order valence-electron chi connectivity index (χ0n) is 9.81. The summed E-state index contributed by atoms with van der Waals surface area (Å²) in [6.07, 6.45) is 2.18. The van der Waals surface area contributed by atoms with Crippen molar-refractivity contribution in [2.45, 2.75) is 4.90 Å². The van der Waals surface area contributed by atoms with Crippen molar-refractivity contribution in [3.05, 3.63) is 40.8 Å². The number of aromatic nitrogens is 1. The Morgan fingerprint density at radius 1 is 1.35 bits per heavy atom. The summed E-state index contributed by atoms with van der Waals surface area (Å²) in [6, 6.07) is 3.39. The number of anilines is 2. The number of nitrogens with one attached hydrogen (secondary N) is 2. The van der Waals surface area contributed by atoms with Crippen LogP contribution in [0.25, 0.3) is 0 Å². The van der Waals surface area contributed by atoms with Crippen molar-refractivity contribution in [2.75, 3.05) is 10.1 Å². The molecule has 106 valence electrons. The number of nitrogens with zero attached hydrogens (tertiary/aromatic N) is 2. The predicted octanol–water partition coefficient (Wildman–Crippen LogP) is 0.669. The van der Waals surface area contributed by atoms with Gasteiger partial charge in [-0.25, -0.2) is 8.42 Å². The third-order valence-electron chi connectivity index (χ3n) is 2.30. The molecule has 2 aromatic rings. The molecule has 0 unspecified atom stereocenters. The molecule has 4 N–H and O–H groups in total. The van der Waals surface area contributed by atoms with Crippen molar-refractivity contribution in [3.63, 3.8) is 0 Å². The van der Waals surface area contributed by atoms with E-state index in [0.29, 0.717) is 0 Å². The predicted molar refractivity (Wildman–Crippen MR) is 68.2 cm³/mol. The fourth-order valence-electron chi connectivity index (χ4n) is 1.44. The quantitative estimate of drug-likeness (QED) is 0.413. The van der Waals surface area contributed by atoms with Gasteiger partial charge in [0.1, 0.15) is 12.0 Å². The number of rotatable bonds is 5. The zero-order chi connectivity index (χ0) is 14.8. The Bertz CT molecular complexity index is 727. The number of hydrogen-bond acceptors (Lipinski definition) is 8. The lowest BCUT2D eigenvalue weighted by Crippen LogP contribution is -2.15. The summed E-state index contributed by atoms with van der Waals surface area (Å²) >= 11 is 0. The van der Waals surface area contributed by atoms with Gasteiger partial charge < -0.3 is 9.95 Å². The molecule has 0 saturated carbocycles. The summed E-state index contributed by atoms with van der Waals surface area (Å²) < 4.78 is 30.8. The number of nitro benzene ring substituents is 1. The van der Waals surface area contributed by atoms with Crippen molar-refractivity contribution in [1.29, 1.82) is 0 Å². The Kier molecular flexibility index (Phi) is 3.54. The van der Waals surface area contributed by atoms with E-state index in [1.165, 1.54) is 6.07 Å². The summed E-state index contributed by atoms with van der Waals surface area (Å²) in [6.45, 7) is 0. The molecule has 2 rings (SSSR count). The van der Waals surface area contributed by atoms with Crippen LogP contribution in [0.5, 0.6) is 0 Å². The summed E-state index contributed by atoms with van der Waals surface area (Å²) in [7, 11) is -4.14. The highest BCUT2D eigenvalue weighted by Crippen LogP contribution is 2.28. The van der Waals surface area contributed by atoms with E-state index in [2.05, 4.69) is 19.8 Å². The van der Waals surface area contributed by atoms with Gasteiger partial charge in [0.25, 0.3) is 15.7 Å². The van der Waals surface area contributed by atoms with Crippen molar-refractivity contribution >= 4 is 27.1 Å². The second-order valence-electron chi connectivity index (χ2n) is 3.60. The minimum atomic E-state index is -4.14. The molecule has 10 nitrogen and oxygen atoms in total. The number of nitrogens with two attached hydrogens (primary N) is 1. The average molecular weight is 299 g/mol. The van der Waals surface area contributed by atoms with E-state index in [1.54, 1.807) is 0 Å². The molecule has 1 aromatic heterocycles. The first-order valence-corrected chi connectivity index (χ1v) is 6.59. The van der Waals surface area contributed by atoms with Crippen LogP contribution in [-0.4, -0.2) is 18.5 Å². The molecule has 0 aliphatic rings. The summed E-state index contributed by atoms with van der Waals surface area (Å²) in [4.78, 5) is 9.64. The maximum atomic E-state index is 12.1. The van der Waals surface area contributed by atoms with E-state index < -0.39 is 25.5 Å². The van der Waals surface area contributed by atoms with Crippen LogP contribution >= 0.6 is 0 Å². The van der Waals surface area contributed by atoms with Gasteiger partial charge in [-0.05, 0) is 12.1 Å². The van der Waals surface area contributed by atoms with Crippen LogP contribution in [0.1, 0.15) is 0 Å². The second-order valence-corrected chi connectivity index (χ2v) is 5.25. The molecule has 0 aliphatic heterocycles. The standard InChI is InChI=1S/C9H9N5O5S/c10-12-6-1-2-9(8(3-6)14(15)16)20(17,18)13-7-4-11-19-5-7/h1-5,12-13H,10H2. The lowest BCUT2D eigenvalue weighted by atomic mass is 10.3. The fourth-order valence-corrected chi connectivity index (χ4v) is 2.62. The fraction of sp³-hybridized carbons (Fsp3) is 0. The monoisotopic (exact) mass is 299 g/mol. The van der Waals surface area contributed by atoms with E-state index in [0.717, 1.165) is 24.6 Å². The minimum Gasteiger partial charge on any atom is -0.362 e. The highest BCUT2D eigenvalue weighted by molar-refractivity contribution is 7.92. The van der Waals surface area contributed by atoms with Crippen LogP contribution in [0.15, 0.2) is 40.1 Å². The summed E-state index contributed by atoms with van der Waals surface area (Å²) in [5.74, 6) is 5.13. The molecule has 1 aromatic carbocycles. The number of nitro groups is 1. The zero-order valence-corrected chi connectivity index (χ0v) is 10.6. The SMILES string of the molecule is NNc1ccc(S(=O)(=O)Nc2cnoc2)c([N+](=O)[O-])c1. The molecular formula is C9H9N5O5S. The maximum Gasteiger partial charge on any atom is 0.291 e. The first-order chi connectivity index (χ1) is 9.44. The lowest BCUT2D eigenvalue weighted by Gasteiger charge is -2.07. The molecule has 20 heavy (non-hydrogen) atoms. The molecule has 0 bridgehead atoms. The molecule has 1 heterocycles. The first kappa shape index (κ1) is 13.8. The maximum absolute atomic E-state index is 12.1. The Morgan fingerprint density at radius 3 is 2.65 bits per heavy atom. The van der Waals surface area contributed by atoms with Gasteiger partial charge in [0.2, 0.25) is 0 Å². The van der Waals surface area contributed by atoms with E-state index in [4.69, 9.17) is 5.84 Å². The van der Waals surface area contributed by atoms with Crippen LogP contribution in [0.3, 0.4) is 0 Å². The Labute approximate surface area is 112 Å². The number of hydrogen-bond donors (Lipinski definition) is 3. The van der Waals surface area contributed by atoms with Crippen molar-refractivity contribution in [2.24, 2.45) is 5.84 Å². The van der Waals surface area contributed by atoms with Crippen LogP contribution in [-0.2, 0) is 10.0 Å². The molecule has 0 spiro atoms. The summed E-state index contributed by atoms with van der Waals surface area (Å²) in [5, 5.41) is 14.3. The molecule has 0 radical (unpaired) electrons. The average Bonchev–Trinajstić information content (AvgIpc) is 2.90. The van der Waals surface area contributed by atoms with Gasteiger partial charge in [-0.2, -0.15) is 0 Å². The third kappa shape index (κ3) is 2.67. The van der Waals surface area contributed by atoms with E-state index in [9.17, 15) is 18.5 Å². The molecular weight excluding hydrogens is 290 g/mol. The molecule has 11 heteroatoms. The Hall–Kier alpha value is -2.66. The van der Waals surface area contributed by atoms with E-state index >= 15 is 0 Å². The largest absolute Gasteiger partial charge is 0.362 e. The van der Waals surface area contributed by atoms with Crippen LogP contribution in [0.2, 0.25) is 0 Å². The highest BCUT2D eigenvalue weighted by Gasteiger charge is 2.26. The van der Waals surface area contributed by atoms with Gasteiger partial charge in [-0.3, -0.25) is 20.7 Å². The van der Waals surface area contributed by atoms with Crippen LogP contribution < -0.4 is 16.0 Å². The number of benzene rings is 1. The number of sulfonamides is 1. The van der Waals surface area contributed by atoms with Crippen molar-refractivity contribution in [3.8, 4) is 0 Å². The molecule has 0 fully saturated rings. The lowest BCUT2D eigenvalue weighted by molar-refractivity contribution is -0.387. The topological polar surface area (TPSA) is 153 Å². The molecule has 0 amide bonds.